The molecule has 1 heterocycles. The van der Waals surface area contributed by atoms with Crippen LogP contribution in [0.4, 0.5) is 5.69 Å². The van der Waals surface area contributed by atoms with Crippen molar-refractivity contribution in [1.29, 1.82) is 5.26 Å². The summed E-state index contributed by atoms with van der Waals surface area (Å²) in [6.45, 7) is 5.46. The van der Waals surface area contributed by atoms with Gasteiger partial charge >= 0.3 is 0 Å². The smallest absolute Gasteiger partial charge is 0.0998 e. The molecule has 1 fully saturated rings. The van der Waals surface area contributed by atoms with Crippen molar-refractivity contribution in [1.82, 2.24) is 0 Å². The van der Waals surface area contributed by atoms with Gasteiger partial charge in [-0.3, -0.25) is 0 Å². The van der Waals surface area contributed by atoms with E-state index in [2.05, 4.69) is 36.1 Å². The van der Waals surface area contributed by atoms with E-state index < -0.39 is 0 Å². The Labute approximate surface area is 147 Å². The van der Waals surface area contributed by atoms with E-state index in [4.69, 9.17) is 16.3 Å². The van der Waals surface area contributed by atoms with Crippen molar-refractivity contribution in [3.05, 3.63) is 64.2 Å². The zero-order valence-corrected chi connectivity index (χ0v) is 14.4. The molecule has 0 aromatic heterocycles. The fourth-order valence-corrected chi connectivity index (χ4v) is 2.93. The summed E-state index contributed by atoms with van der Waals surface area (Å²) in [4.78, 5) is 2.33. The van der Waals surface area contributed by atoms with Crippen molar-refractivity contribution in [2.24, 2.45) is 0 Å². The molecule has 3 nitrogen and oxygen atoms in total. The third kappa shape index (κ3) is 3.79. The predicted molar refractivity (Wildman–Crippen MR) is 99.1 cm³/mol. The van der Waals surface area contributed by atoms with Gasteiger partial charge in [-0.1, -0.05) is 29.8 Å². The summed E-state index contributed by atoms with van der Waals surface area (Å²) in [7, 11) is 0. The van der Waals surface area contributed by atoms with E-state index in [9.17, 15) is 5.26 Å². The quantitative estimate of drug-likeness (QED) is 0.608. The van der Waals surface area contributed by atoms with Crippen LogP contribution in [-0.2, 0) is 4.74 Å². The van der Waals surface area contributed by atoms with E-state index in [-0.39, 0.29) is 0 Å². The van der Waals surface area contributed by atoms with Gasteiger partial charge in [0.25, 0.3) is 0 Å². The highest BCUT2D eigenvalue weighted by atomic mass is 35.5. The van der Waals surface area contributed by atoms with Gasteiger partial charge in [-0.05, 0) is 54.0 Å². The van der Waals surface area contributed by atoms with Gasteiger partial charge in [-0.2, -0.15) is 5.26 Å². The van der Waals surface area contributed by atoms with Crippen LogP contribution >= 0.6 is 11.6 Å². The molecule has 0 bridgehead atoms. The molecular formula is C20H19ClN2O. The van der Waals surface area contributed by atoms with Gasteiger partial charge in [-0.15, -0.1) is 0 Å². The molecule has 0 aliphatic carbocycles. The monoisotopic (exact) mass is 338 g/mol. The molecule has 0 N–H and O–H groups in total. The first-order chi connectivity index (χ1) is 11.7. The maximum Gasteiger partial charge on any atom is 0.0998 e. The summed E-state index contributed by atoms with van der Waals surface area (Å²) in [6, 6.07) is 16.0. The first-order valence-electron chi connectivity index (χ1n) is 7.98. The normalized spacial score (nSPS) is 15.2. The van der Waals surface area contributed by atoms with Crippen molar-refractivity contribution in [3.8, 4) is 6.07 Å². The van der Waals surface area contributed by atoms with Crippen LogP contribution in [0.2, 0.25) is 5.02 Å². The second kappa shape index (κ2) is 7.53. The molecule has 1 aliphatic rings. The van der Waals surface area contributed by atoms with Crippen molar-refractivity contribution >= 4 is 28.9 Å². The number of aryl methyl sites for hydroxylation is 1. The Morgan fingerprint density at radius 1 is 1.17 bits per heavy atom. The maximum absolute atomic E-state index is 9.49. The second-order valence-corrected chi connectivity index (χ2v) is 6.25. The number of allylic oxidation sites excluding steroid dienone is 1. The van der Waals surface area contributed by atoms with Crippen LogP contribution in [0.15, 0.2) is 42.5 Å². The molecule has 1 saturated heterocycles. The number of ether oxygens (including phenoxy) is 1. The SMILES string of the molecule is Cc1cc(N2CCOCC2)ccc1/C=C(/C#N)c1ccc(Cl)cc1. The number of hydrogen-bond acceptors (Lipinski definition) is 3. The van der Waals surface area contributed by atoms with Crippen molar-refractivity contribution in [2.75, 3.05) is 31.2 Å². The lowest BCUT2D eigenvalue weighted by atomic mass is 10.0. The molecule has 2 aromatic carbocycles. The molecule has 0 amide bonds. The third-order valence-corrected chi connectivity index (χ3v) is 4.46. The van der Waals surface area contributed by atoms with Gasteiger partial charge in [0.15, 0.2) is 0 Å². The van der Waals surface area contributed by atoms with E-state index in [1.807, 2.05) is 18.2 Å². The first kappa shape index (κ1) is 16.6. The molecule has 4 heteroatoms. The number of benzene rings is 2. The zero-order valence-electron chi connectivity index (χ0n) is 13.6. The van der Waals surface area contributed by atoms with E-state index in [0.29, 0.717) is 10.6 Å². The van der Waals surface area contributed by atoms with Crippen LogP contribution < -0.4 is 4.90 Å². The molecule has 1 aliphatic heterocycles. The van der Waals surface area contributed by atoms with Crippen molar-refractivity contribution in [3.63, 3.8) is 0 Å². The van der Waals surface area contributed by atoms with E-state index in [0.717, 1.165) is 43.0 Å². The largest absolute Gasteiger partial charge is 0.378 e. The molecule has 0 unspecified atom stereocenters. The van der Waals surface area contributed by atoms with Gasteiger partial charge in [-0.25, -0.2) is 0 Å². The summed E-state index contributed by atoms with van der Waals surface area (Å²) >= 11 is 5.92. The van der Waals surface area contributed by atoms with Crippen LogP contribution in [0, 0.1) is 18.3 Å². The molecule has 0 saturated carbocycles. The van der Waals surface area contributed by atoms with Gasteiger partial charge in [0, 0.05) is 23.8 Å². The fraction of sp³-hybridized carbons (Fsp3) is 0.250. The number of nitriles is 1. The lowest BCUT2D eigenvalue weighted by molar-refractivity contribution is 0.122. The third-order valence-electron chi connectivity index (χ3n) is 4.21. The zero-order chi connectivity index (χ0) is 16.9. The Kier molecular flexibility index (Phi) is 5.20. The molecule has 2 aromatic rings. The Hall–Kier alpha value is -2.28. The molecule has 122 valence electrons. The number of morpholine rings is 1. The van der Waals surface area contributed by atoms with Crippen molar-refractivity contribution in [2.45, 2.75) is 6.92 Å². The van der Waals surface area contributed by atoms with Gasteiger partial charge < -0.3 is 9.64 Å². The van der Waals surface area contributed by atoms with E-state index in [1.54, 1.807) is 12.1 Å². The fourth-order valence-electron chi connectivity index (χ4n) is 2.81. The summed E-state index contributed by atoms with van der Waals surface area (Å²) in [5.41, 5.74) is 4.92. The molecule has 0 spiro atoms. The standard InChI is InChI=1S/C20H19ClN2O/c1-15-12-20(23-8-10-24-11-9-23)7-4-17(15)13-18(14-22)16-2-5-19(21)6-3-16/h2-7,12-13H,8-11H2,1H3/b18-13-. The van der Waals surface area contributed by atoms with Gasteiger partial charge in [0.2, 0.25) is 0 Å². The number of anilines is 1. The summed E-state index contributed by atoms with van der Waals surface area (Å²) in [5, 5.41) is 10.2. The first-order valence-corrected chi connectivity index (χ1v) is 8.36. The average Bonchev–Trinajstić information content (AvgIpc) is 2.62. The second-order valence-electron chi connectivity index (χ2n) is 5.82. The number of halogens is 1. The maximum atomic E-state index is 9.49. The minimum absolute atomic E-state index is 0.633. The highest BCUT2D eigenvalue weighted by molar-refractivity contribution is 6.30. The average molecular weight is 339 g/mol. The molecule has 0 atom stereocenters. The van der Waals surface area contributed by atoms with Crippen LogP contribution in [0.3, 0.4) is 0 Å². The molecule has 3 rings (SSSR count). The van der Waals surface area contributed by atoms with Gasteiger partial charge in [0.05, 0.1) is 24.9 Å². The van der Waals surface area contributed by atoms with Crippen LogP contribution in [0.25, 0.3) is 11.6 Å². The minimum Gasteiger partial charge on any atom is -0.378 e. The highest BCUT2D eigenvalue weighted by Crippen LogP contribution is 2.25. The Bertz CT molecular complexity index is 784. The molecule has 0 radical (unpaired) electrons. The number of nitrogens with zero attached hydrogens (tertiary/aromatic N) is 2. The van der Waals surface area contributed by atoms with E-state index >= 15 is 0 Å². The summed E-state index contributed by atoms with van der Waals surface area (Å²) in [6.07, 6.45) is 1.93. The van der Waals surface area contributed by atoms with E-state index in [1.165, 1.54) is 5.69 Å². The topological polar surface area (TPSA) is 36.3 Å². The highest BCUT2D eigenvalue weighted by Gasteiger charge is 2.12. The lowest BCUT2D eigenvalue weighted by Crippen LogP contribution is -2.36. The minimum atomic E-state index is 0.633. The Balaban J connectivity index is 1.88. The van der Waals surface area contributed by atoms with Crippen LogP contribution in [0.1, 0.15) is 16.7 Å². The van der Waals surface area contributed by atoms with Crippen LogP contribution in [0.5, 0.6) is 0 Å². The molecular weight excluding hydrogens is 320 g/mol. The summed E-state index contributed by atoms with van der Waals surface area (Å²) in [5.74, 6) is 0. The van der Waals surface area contributed by atoms with Gasteiger partial charge in [0.1, 0.15) is 0 Å². The van der Waals surface area contributed by atoms with Crippen molar-refractivity contribution < 1.29 is 4.74 Å². The number of rotatable bonds is 3. The summed E-state index contributed by atoms with van der Waals surface area (Å²) < 4.78 is 5.40. The lowest BCUT2D eigenvalue weighted by Gasteiger charge is -2.29. The molecule has 24 heavy (non-hydrogen) atoms. The Morgan fingerprint density at radius 2 is 1.88 bits per heavy atom. The predicted octanol–water partition coefficient (Wildman–Crippen LogP) is 4.55. The Morgan fingerprint density at radius 3 is 2.50 bits per heavy atom. The van der Waals surface area contributed by atoms with Crippen LogP contribution in [-0.4, -0.2) is 26.3 Å². The number of hydrogen-bond donors (Lipinski definition) is 0.